The van der Waals surface area contributed by atoms with Crippen molar-refractivity contribution in [1.29, 1.82) is 0 Å². The number of nitrogen functional groups attached to an aromatic ring is 1. The molecule has 0 radical (unpaired) electrons. The van der Waals surface area contributed by atoms with Crippen LogP contribution in [-0.4, -0.2) is 52.0 Å². The summed E-state index contributed by atoms with van der Waals surface area (Å²) in [5, 5.41) is 16.8. The van der Waals surface area contributed by atoms with Gasteiger partial charge in [-0.2, -0.15) is 4.98 Å². The van der Waals surface area contributed by atoms with Gasteiger partial charge in [0.25, 0.3) is 5.89 Å². The summed E-state index contributed by atoms with van der Waals surface area (Å²) in [6.45, 7) is 5.45. The van der Waals surface area contributed by atoms with E-state index in [4.69, 9.17) is 15.0 Å². The maximum absolute atomic E-state index is 12.9. The van der Waals surface area contributed by atoms with Gasteiger partial charge in [0.15, 0.2) is 0 Å². The number of urea groups is 1. The number of nitrogens with one attached hydrogen (secondary N) is 1. The van der Waals surface area contributed by atoms with Crippen LogP contribution in [0.15, 0.2) is 40.9 Å². The number of benzene rings is 2. The number of nitrogens with two attached hydrogens (primary N) is 1. The van der Waals surface area contributed by atoms with E-state index in [0.717, 1.165) is 47.9 Å². The minimum atomic E-state index is -0.0531. The molecule has 9 nitrogen and oxygen atoms in total. The van der Waals surface area contributed by atoms with E-state index in [1.54, 1.807) is 6.07 Å². The summed E-state index contributed by atoms with van der Waals surface area (Å²) < 4.78 is 11.3. The van der Waals surface area contributed by atoms with Crippen LogP contribution in [-0.2, 0) is 6.42 Å². The summed E-state index contributed by atoms with van der Waals surface area (Å²) in [5.41, 5.74) is 10.5. The molecular weight excluding hydrogens is 458 g/mol. The smallest absolute Gasteiger partial charge is 0.317 e. The standard InChI is InChI=1S/C27H33N5O4/c1-16(2)35-24-9-6-18(14-22(24)28)26-30-25(31-36-26)21-5-3-4-20-19(21)7-8-23(20)29-27(34)32-12-10-17(15-33)11-13-32/h3-6,9,14,16-17,23,33H,7-8,10-13,15,28H2,1-2H3,(H,29,34)/t23-/m0/s1. The zero-order chi connectivity index (χ0) is 25.2. The number of aliphatic hydroxyl groups excluding tert-OH is 1. The van der Waals surface area contributed by atoms with Crippen molar-refractivity contribution in [3.63, 3.8) is 0 Å². The molecule has 2 aliphatic rings. The van der Waals surface area contributed by atoms with Crippen molar-refractivity contribution < 1.29 is 19.2 Å². The number of fused-ring (bicyclic) bond motifs is 1. The fraction of sp³-hybridized carbons (Fsp3) is 0.444. The van der Waals surface area contributed by atoms with Gasteiger partial charge in [-0.15, -0.1) is 0 Å². The fourth-order valence-corrected chi connectivity index (χ4v) is 5.07. The number of likely N-dealkylation sites (tertiary alicyclic amines) is 1. The maximum atomic E-state index is 12.9. The number of piperidine rings is 1. The van der Waals surface area contributed by atoms with Gasteiger partial charge in [-0.3, -0.25) is 0 Å². The van der Waals surface area contributed by atoms with Crippen LogP contribution in [0.25, 0.3) is 22.8 Å². The van der Waals surface area contributed by atoms with Gasteiger partial charge in [-0.25, -0.2) is 4.79 Å². The van der Waals surface area contributed by atoms with Crippen LogP contribution in [0.2, 0.25) is 0 Å². The molecule has 1 saturated heterocycles. The normalized spacial score (nSPS) is 17.9. The topological polar surface area (TPSA) is 127 Å². The van der Waals surface area contributed by atoms with E-state index in [1.165, 1.54) is 0 Å². The quantitative estimate of drug-likeness (QED) is 0.442. The Morgan fingerprint density at radius 2 is 2.06 bits per heavy atom. The molecule has 3 aromatic rings. The predicted molar refractivity (Wildman–Crippen MR) is 136 cm³/mol. The first-order valence-electron chi connectivity index (χ1n) is 12.6. The molecule has 0 unspecified atom stereocenters. The second-order valence-corrected chi connectivity index (χ2v) is 9.87. The lowest BCUT2D eigenvalue weighted by Gasteiger charge is -2.32. The molecule has 1 aromatic heterocycles. The Labute approximate surface area is 210 Å². The molecule has 1 fully saturated rings. The Bertz CT molecular complexity index is 1230. The van der Waals surface area contributed by atoms with E-state index >= 15 is 0 Å². The molecule has 2 amide bonds. The van der Waals surface area contributed by atoms with Crippen LogP contribution in [0.5, 0.6) is 5.75 Å². The first kappa shape index (κ1) is 24.1. The Morgan fingerprint density at radius 3 is 2.78 bits per heavy atom. The third-order valence-electron chi connectivity index (χ3n) is 7.01. The number of nitrogens with zero attached hydrogens (tertiary/aromatic N) is 3. The Kier molecular flexibility index (Phi) is 6.82. The number of aliphatic hydroxyl groups is 1. The van der Waals surface area contributed by atoms with Crippen molar-refractivity contribution in [2.24, 2.45) is 5.92 Å². The van der Waals surface area contributed by atoms with Gasteiger partial charge < -0.3 is 30.3 Å². The molecule has 36 heavy (non-hydrogen) atoms. The summed E-state index contributed by atoms with van der Waals surface area (Å²) in [6.07, 6.45) is 3.36. The summed E-state index contributed by atoms with van der Waals surface area (Å²) in [5.74, 6) is 1.83. The summed E-state index contributed by atoms with van der Waals surface area (Å²) >= 11 is 0. The Hall–Kier alpha value is -3.59. The molecule has 5 rings (SSSR count). The number of carbonyl (C=O) groups excluding carboxylic acids is 1. The molecule has 1 atom stereocenters. The molecule has 2 aromatic carbocycles. The zero-order valence-corrected chi connectivity index (χ0v) is 20.7. The van der Waals surface area contributed by atoms with E-state index in [1.807, 2.05) is 43.0 Å². The molecule has 1 aliphatic carbocycles. The van der Waals surface area contributed by atoms with Gasteiger partial charge in [-0.05, 0) is 74.8 Å². The van der Waals surface area contributed by atoms with Gasteiger partial charge in [0.1, 0.15) is 5.75 Å². The van der Waals surface area contributed by atoms with Crippen LogP contribution in [0.1, 0.15) is 50.3 Å². The van der Waals surface area contributed by atoms with Crippen LogP contribution in [0, 0.1) is 5.92 Å². The SMILES string of the molecule is CC(C)Oc1ccc(-c2nc(-c3cccc4c3CC[C@@H]4NC(=O)N3CCC(CO)CC3)no2)cc1N. The summed E-state index contributed by atoms with van der Waals surface area (Å²) in [6, 6.07) is 11.4. The zero-order valence-electron chi connectivity index (χ0n) is 20.7. The Balaban J connectivity index is 1.31. The molecule has 0 bridgehead atoms. The number of aromatic nitrogens is 2. The Morgan fingerprint density at radius 1 is 1.25 bits per heavy atom. The van der Waals surface area contributed by atoms with Crippen molar-refractivity contribution in [2.45, 2.75) is 51.7 Å². The van der Waals surface area contributed by atoms with Crippen molar-refractivity contribution in [3.05, 3.63) is 47.5 Å². The van der Waals surface area contributed by atoms with E-state index < -0.39 is 0 Å². The highest BCUT2D eigenvalue weighted by Gasteiger charge is 2.30. The number of hydrogen-bond acceptors (Lipinski definition) is 7. The largest absolute Gasteiger partial charge is 0.489 e. The second kappa shape index (κ2) is 10.2. The van der Waals surface area contributed by atoms with Gasteiger partial charge >= 0.3 is 6.03 Å². The molecule has 190 valence electrons. The van der Waals surface area contributed by atoms with Crippen LogP contribution < -0.4 is 15.8 Å². The van der Waals surface area contributed by atoms with E-state index in [0.29, 0.717) is 42.2 Å². The van der Waals surface area contributed by atoms with Crippen molar-refractivity contribution in [1.82, 2.24) is 20.4 Å². The van der Waals surface area contributed by atoms with Crippen molar-refractivity contribution >= 4 is 11.7 Å². The van der Waals surface area contributed by atoms with Crippen LogP contribution in [0.3, 0.4) is 0 Å². The lowest BCUT2D eigenvalue weighted by Crippen LogP contribution is -2.45. The average molecular weight is 492 g/mol. The van der Waals surface area contributed by atoms with E-state index in [2.05, 4.69) is 21.5 Å². The summed E-state index contributed by atoms with van der Waals surface area (Å²) in [4.78, 5) is 19.4. The average Bonchev–Trinajstić information content (AvgIpc) is 3.53. The van der Waals surface area contributed by atoms with Crippen LogP contribution in [0.4, 0.5) is 10.5 Å². The highest BCUT2D eigenvalue weighted by atomic mass is 16.5. The monoisotopic (exact) mass is 491 g/mol. The maximum Gasteiger partial charge on any atom is 0.317 e. The first-order valence-corrected chi connectivity index (χ1v) is 12.6. The number of anilines is 1. The van der Waals surface area contributed by atoms with Gasteiger partial charge in [0, 0.05) is 30.8 Å². The molecular formula is C27H33N5O4. The predicted octanol–water partition coefficient (Wildman–Crippen LogP) is 4.17. The number of amides is 2. The first-order chi connectivity index (χ1) is 17.4. The van der Waals surface area contributed by atoms with Gasteiger partial charge in [0.2, 0.25) is 5.82 Å². The number of ether oxygens (including phenoxy) is 1. The van der Waals surface area contributed by atoms with E-state index in [9.17, 15) is 9.90 Å². The molecule has 1 aliphatic heterocycles. The fourth-order valence-electron chi connectivity index (χ4n) is 5.07. The minimum Gasteiger partial charge on any atom is -0.489 e. The molecule has 2 heterocycles. The van der Waals surface area contributed by atoms with Gasteiger partial charge in [-0.1, -0.05) is 23.4 Å². The van der Waals surface area contributed by atoms with Crippen molar-refractivity contribution in [3.8, 4) is 28.6 Å². The molecule has 0 saturated carbocycles. The molecule has 4 N–H and O–H groups in total. The number of hydrogen-bond donors (Lipinski definition) is 3. The highest BCUT2D eigenvalue weighted by molar-refractivity contribution is 5.76. The molecule has 0 spiro atoms. The minimum absolute atomic E-state index is 0.0282. The second-order valence-electron chi connectivity index (χ2n) is 9.87. The third-order valence-corrected chi connectivity index (χ3v) is 7.01. The van der Waals surface area contributed by atoms with Crippen molar-refractivity contribution in [2.75, 3.05) is 25.4 Å². The van der Waals surface area contributed by atoms with Gasteiger partial charge in [0.05, 0.1) is 17.8 Å². The summed E-state index contributed by atoms with van der Waals surface area (Å²) in [7, 11) is 0. The highest BCUT2D eigenvalue weighted by Crippen LogP contribution is 2.38. The lowest BCUT2D eigenvalue weighted by molar-refractivity contribution is 0.135. The number of rotatable bonds is 6. The lowest BCUT2D eigenvalue weighted by atomic mass is 9.98. The van der Waals surface area contributed by atoms with Crippen LogP contribution >= 0.6 is 0 Å². The number of carbonyl (C=O) groups is 1. The third kappa shape index (κ3) is 4.88. The van der Waals surface area contributed by atoms with E-state index in [-0.39, 0.29) is 24.8 Å². The molecule has 9 heteroatoms.